The SMILES string of the molecule is C[C@]12CCC3C(CCC4(O)CC(O)CC[C@]34C=NNc3ccccc3)C1(O)CC[C@H]2C1=CC(=O)OC1. The molecule has 0 aromatic heterocycles. The summed E-state index contributed by atoms with van der Waals surface area (Å²) in [6.07, 6.45) is 9.15. The van der Waals surface area contributed by atoms with Crippen LogP contribution >= 0.6 is 0 Å². The molecule has 1 heterocycles. The second-order valence-electron chi connectivity index (χ2n) is 12.3. The van der Waals surface area contributed by atoms with E-state index in [9.17, 15) is 20.1 Å². The Morgan fingerprint density at radius 3 is 2.56 bits per heavy atom. The van der Waals surface area contributed by atoms with Crippen molar-refractivity contribution in [3.63, 3.8) is 0 Å². The summed E-state index contributed by atoms with van der Waals surface area (Å²) < 4.78 is 5.24. The van der Waals surface area contributed by atoms with Gasteiger partial charge < -0.3 is 20.1 Å². The van der Waals surface area contributed by atoms with Gasteiger partial charge in [0.2, 0.25) is 0 Å². The molecule has 0 radical (unpaired) electrons. The van der Waals surface area contributed by atoms with Gasteiger partial charge in [0.05, 0.1) is 23.0 Å². The number of hydrazone groups is 1. The molecule has 8 atom stereocenters. The number of fused-ring (bicyclic) bond motifs is 5. The van der Waals surface area contributed by atoms with Crippen LogP contribution in [0, 0.1) is 28.6 Å². The van der Waals surface area contributed by atoms with Gasteiger partial charge in [-0.3, -0.25) is 5.43 Å². The fourth-order valence-corrected chi connectivity index (χ4v) is 9.10. The van der Waals surface area contributed by atoms with Crippen molar-refractivity contribution in [3.05, 3.63) is 42.0 Å². The molecule has 4 fully saturated rings. The van der Waals surface area contributed by atoms with Gasteiger partial charge in [-0.05, 0) is 86.8 Å². The normalized spacial score (nSPS) is 46.0. The summed E-state index contributed by atoms with van der Waals surface area (Å²) in [6, 6.07) is 9.77. The number of rotatable bonds is 4. The summed E-state index contributed by atoms with van der Waals surface area (Å²) in [5.74, 6) is -0.0496. The number of carbonyl (C=O) groups excluding carboxylic acids is 1. The summed E-state index contributed by atoms with van der Waals surface area (Å²) >= 11 is 0. The first-order chi connectivity index (χ1) is 17.2. The number of carbonyl (C=O) groups is 1. The van der Waals surface area contributed by atoms with Gasteiger partial charge in [-0.1, -0.05) is 25.1 Å². The lowest BCUT2D eigenvalue weighted by atomic mass is 9.41. The molecule has 0 bridgehead atoms. The first-order valence-corrected chi connectivity index (χ1v) is 13.6. The Labute approximate surface area is 212 Å². The number of anilines is 1. The Morgan fingerprint density at radius 2 is 1.81 bits per heavy atom. The number of hydrogen-bond donors (Lipinski definition) is 4. The van der Waals surface area contributed by atoms with E-state index < -0.39 is 22.7 Å². The second kappa shape index (κ2) is 8.40. The van der Waals surface area contributed by atoms with Crippen molar-refractivity contribution in [2.75, 3.05) is 12.0 Å². The average molecular weight is 495 g/mol. The monoisotopic (exact) mass is 494 g/mol. The van der Waals surface area contributed by atoms with Crippen LogP contribution < -0.4 is 5.43 Å². The molecule has 36 heavy (non-hydrogen) atoms. The number of cyclic esters (lactones) is 1. The van der Waals surface area contributed by atoms with E-state index in [1.54, 1.807) is 6.08 Å². The predicted octanol–water partition coefficient (Wildman–Crippen LogP) is 3.80. The minimum Gasteiger partial charge on any atom is -0.458 e. The van der Waals surface area contributed by atoms with Crippen molar-refractivity contribution in [2.45, 2.75) is 82.0 Å². The largest absolute Gasteiger partial charge is 0.458 e. The van der Waals surface area contributed by atoms with Crippen molar-refractivity contribution >= 4 is 17.9 Å². The first kappa shape index (κ1) is 24.1. The molecule has 194 valence electrons. The number of esters is 1. The van der Waals surface area contributed by atoms with E-state index in [-0.39, 0.29) is 29.1 Å². The molecule has 4 N–H and O–H groups in total. The third kappa shape index (κ3) is 3.35. The topological polar surface area (TPSA) is 111 Å². The molecular formula is C29H38N2O5. The van der Waals surface area contributed by atoms with Gasteiger partial charge in [0.25, 0.3) is 0 Å². The predicted molar refractivity (Wildman–Crippen MR) is 136 cm³/mol. The van der Waals surface area contributed by atoms with E-state index in [0.29, 0.717) is 38.7 Å². The van der Waals surface area contributed by atoms with E-state index in [4.69, 9.17) is 4.74 Å². The van der Waals surface area contributed by atoms with Gasteiger partial charge in [-0.15, -0.1) is 0 Å². The summed E-state index contributed by atoms with van der Waals surface area (Å²) in [5.41, 5.74) is 2.16. The maximum Gasteiger partial charge on any atom is 0.331 e. The van der Waals surface area contributed by atoms with Crippen molar-refractivity contribution in [3.8, 4) is 0 Å². The van der Waals surface area contributed by atoms with E-state index in [2.05, 4.69) is 17.5 Å². The average Bonchev–Trinajstić information content (AvgIpc) is 3.40. The molecule has 1 aliphatic heterocycles. The van der Waals surface area contributed by atoms with Crippen LogP contribution in [0.25, 0.3) is 0 Å². The van der Waals surface area contributed by atoms with Crippen LogP contribution in [0.3, 0.4) is 0 Å². The minimum absolute atomic E-state index is 0.0265. The minimum atomic E-state index is -1.05. The number of para-hydroxylation sites is 1. The summed E-state index contributed by atoms with van der Waals surface area (Å²) in [5, 5.41) is 39.7. The quantitative estimate of drug-likeness (QED) is 0.288. The highest BCUT2D eigenvalue weighted by Gasteiger charge is 2.71. The molecule has 1 aromatic carbocycles. The van der Waals surface area contributed by atoms with Gasteiger partial charge in [-0.2, -0.15) is 5.10 Å². The third-order valence-electron chi connectivity index (χ3n) is 10.9. The van der Waals surface area contributed by atoms with Crippen LogP contribution in [0.15, 0.2) is 47.1 Å². The van der Waals surface area contributed by atoms with Crippen LogP contribution in [-0.4, -0.2) is 51.4 Å². The smallest absolute Gasteiger partial charge is 0.331 e. The molecule has 5 aliphatic rings. The van der Waals surface area contributed by atoms with Gasteiger partial charge in [0, 0.05) is 29.5 Å². The second-order valence-corrected chi connectivity index (χ2v) is 12.3. The molecule has 0 saturated heterocycles. The molecule has 6 rings (SSSR count). The van der Waals surface area contributed by atoms with Crippen LogP contribution in [0.1, 0.15) is 64.7 Å². The van der Waals surface area contributed by atoms with Gasteiger partial charge in [0.1, 0.15) is 6.61 Å². The number of benzene rings is 1. The fourth-order valence-electron chi connectivity index (χ4n) is 9.10. The van der Waals surface area contributed by atoms with Crippen LogP contribution in [0.5, 0.6) is 0 Å². The number of aliphatic hydroxyl groups excluding tert-OH is 1. The maximum absolute atomic E-state index is 12.5. The van der Waals surface area contributed by atoms with Crippen molar-refractivity contribution in [1.29, 1.82) is 0 Å². The van der Waals surface area contributed by atoms with Gasteiger partial charge in [0.15, 0.2) is 0 Å². The maximum atomic E-state index is 12.5. The molecule has 4 aliphatic carbocycles. The van der Waals surface area contributed by atoms with E-state index in [1.807, 2.05) is 36.5 Å². The van der Waals surface area contributed by atoms with Crippen LogP contribution in [-0.2, 0) is 9.53 Å². The number of aliphatic hydroxyl groups is 3. The summed E-state index contributed by atoms with van der Waals surface area (Å²) in [4.78, 5) is 11.8. The molecule has 7 nitrogen and oxygen atoms in total. The Morgan fingerprint density at radius 1 is 1.03 bits per heavy atom. The van der Waals surface area contributed by atoms with Crippen LogP contribution in [0.4, 0.5) is 5.69 Å². The number of nitrogens with zero attached hydrogens (tertiary/aromatic N) is 1. The molecule has 1 aromatic rings. The van der Waals surface area contributed by atoms with Gasteiger partial charge in [-0.25, -0.2) is 4.79 Å². The number of hydrogen-bond acceptors (Lipinski definition) is 7. The van der Waals surface area contributed by atoms with E-state index in [1.165, 1.54) is 0 Å². The molecule has 0 spiro atoms. The highest BCUT2D eigenvalue weighted by Crippen LogP contribution is 2.70. The molecule has 4 saturated carbocycles. The third-order valence-corrected chi connectivity index (χ3v) is 10.9. The Kier molecular flexibility index (Phi) is 5.63. The highest BCUT2D eigenvalue weighted by molar-refractivity contribution is 5.85. The zero-order chi connectivity index (χ0) is 25.2. The van der Waals surface area contributed by atoms with E-state index >= 15 is 0 Å². The Balaban J connectivity index is 1.35. The van der Waals surface area contributed by atoms with E-state index in [0.717, 1.165) is 36.9 Å². The summed E-state index contributed by atoms with van der Waals surface area (Å²) in [7, 11) is 0. The van der Waals surface area contributed by atoms with Crippen molar-refractivity contribution < 1.29 is 24.9 Å². The zero-order valence-corrected chi connectivity index (χ0v) is 21.0. The lowest BCUT2D eigenvalue weighted by molar-refractivity contribution is -0.237. The van der Waals surface area contributed by atoms with Crippen molar-refractivity contribution in [2.24, 2.45) is 33.7 Å². The molecule has 5 unspecified atom stereocenters. The first-order valence-electron chi connectivity index (χ1n) is 13.6. The zero-order valence-electron chi connectivity index (χ0n) is 21.0. The lowest BCUT2D eigenvalue weighted by Crippen LogP contribution is -2.68. The fraction of sp³-hybridized carbons (Fsp3) is 0.655. The standard InChI is InChI=1S/C29H38N2O5/c1-26-11-8-23-24(29(26,35)14-10-22(26)19-15-25(33)36-17-19)9-13-28(34)16-21(32)7-12-27(23,28)18-30-31-20-5-3-2-4-6-20/h2-6,15,18,21-24,31-32,34-35H,7-14,16-17H2,1H3/t21?,22-,23?,24?,26+,27-,28?,29?/m0/s1. The van der Waals surface area contributed by atoms with Crippen molar-refractivity contribution in [1.82, 2.24) is 0 Å². The summed E-state index contributed by atoms with van der Waals surface area (Å²) in [6.45, 7) is 2.54. The Hall–Kier alpha value is -2.22. The lowest BCUT2D eigenvalue weighted by Gasteiger charge is -2.65. The number of ether oxygens (including phenoxy) is 1. The van der Waals surface area contributed by atoms with Crippen LogP contribution in [0.2, 0.25) is 0 Å². The Bertz CT molecular complexity index is 1090. The molecule has 0 amide bonds. The molecular weight excluding hydrogens is 456 g/mol. The number of nitrogens with one attached hydrogen (secondary N) is 1. The molecule has 7 heteroatoms. The highest BCUT2D eigenvalue weighted by atomic mass is 16.5. The van der Waals surface area contributed by atoms with Gasteiger partial charge >= 0.3 is 5.97 Å².